The van der Waals surface area contributed by atoms with E-state index in [9.17, 15) is 9.59 Å². The van der Waals surface area contributed by atoms with Crippen LogP contribution in [0.25, 0.3) is 0 Å². The molecule has 0 aromatic carbocycles. The Morgan fingerprint density at radius 3 is 2.12 bits per heavy atom. The van der Waals surface area contributed by atoms with Crippen LogP contribution in [-0.4, -0.2) is 23.0 Å². The van der Waals surface area contributed by atoms with Gasteiger partial charge in [-0.15, -0.1) is 0 Å². The molecule has 0 aliphatic heterocycles. The first-order chi connectivity index (χ1) is 7.18. The van der Waals surface area contributed by atoms with E-state index in [1.807, 2.05) is 6.92 Å². The van der Waals surface area contributed by atoms with Crippen molar-refractivity contribution in [1.82, 2.24) is 5.32 Å². The number of nitrogens with one attached hydrogen (secondary N) is 1. The third-order valence-corrected chi connectivity index (χ3v) is 3.01. The van der Waals surface area contributed by atoms with E-state index in [4.69, 9.17) is 5.11 Å². The van der Waals surface area contributed by atoms with Crippen LogP contribution in [0.2, 0.25) is 0 Å². The van der Waals surface area contributed by atoms with Gasteiger partial charge in [0.05, 0.1) is 0 Å². The van der Waals surface area contributed by atoms with Crippen molar-refractivity contribution in [2.24, 2.45) is 11.3 Å². The van der Waals surface area contributed by atoms with Crippen LogP contribution >= 0.6 is 0 Å². The number of carboxylic acid groups (broad SMARTS) is 1. The first-order valence-electron chi connectivity index (χ1n) is 5.70. The van der Waals surface area contributed by atoms with Gasteiger partial charge in [0.25, 0.3) is 0 Å². The SMILES string of the molecule is CCC(NC(=O)CC(C)C(C)(C)C)C(=O)O. The summed E-state index contributed by atoms with van der Waals surface area (Å²) >= 11 is 0. The fraction of sp³-hybridized carbons (Fsp3) is 0.833. The number of rotatable bonds is 5. The van der Waals surface area contributed by atoms with E-state index in [0.717, 1.165) is 0 Å². The molecule has 2 N–H and O–H groups in total. The van der Waals surface area contributed by atoms with Crippen molar-refractivity contribution >= 4 is 11.9 Å². The Labute approximate surface area is 97.4 Å². The number of carbonyl (C=O) groups excluding carboxylic acids is 1. The van der Waals surface area contributed by atoms with Crippen LogP contribution in [0.1, 0.15) is 47.5 Å². The standard InChI is InChI=1S/C12H23NO3/c1-6-9(11(15)16)13-10(14)7-8(2)12(3,4)5/h8-9H,6-7H2,1-5H3,(H,13,14)(H,15,16). The number of amides is 1. The quantitative estimate of drug-likeness (QED) is 0.758. The molecule has 4 heteroatoms. The average Bonchev–Trinajstić information content (AvgIpc) is 2.11. The lowest BCUT2D eigenvalue weighted by atomic mass is 9.80. The second kappa shape index (κ2) is 5.87. The molecule has 2 unspecified atom stereocenters. The topological polar surface area (TPSA) is 66.4 Å². The third-order valence-electron chi connectivity index (χ3n) is 3.01. The lowest BCUT2D eigenvalue weighted by Gasteiger charge is -2.27. The molecule has 16 heavy (non-hydrogen) atoms. The summed E-state index contributed by atoms with van der Waals surface area (Å²) in [7, 11) is 0. The van der Waals surface area contributed by atoms with Crippen LogP contribution in [-0.2, 0) is 9.59 Å². The van der Waals surface area contributed by atoms with Gasteiger partial charge in [0, 0.05) is 6.42 Å². The number of hydrogen-bond acceptors (Lipinski definition) is 2. The lowest BCUT2D eigenvalue weighted by molar-refractivity contribution is -0.142. The second-order valence-electron chi connectivity index (χ2n) is 5.34. The van der Waals surface area contributed by atoms with Gasteiger partial charge in [-0.2, -0.15) is 0 Å². The van der Waals surface area contributed by atoms with Gasteiger partial charge in [0.2, 0.25) is 5.91 Å². The highest BCUT2D eigenvalue weighted by atomic mass is 16.4. The lowest BCUT2D eigenvalue weighted by Crippen LogP contribution is -2.41. The zero-order chi connectivity index (χ0) is 12.9. The molecule has 0 rings (SSSR count). The van der Waals surface area contributed by atoms with Gasteiger partial charge in [-0.1, -0.05) is 34.6 Å². The second-order valence-corrected chi connectivity index (χ2v) is 5.34. The van der Waals surface area contributed by atoms with E-state index in [1.54, 1.807) is 6.92 Å². The summed E-state index contributed by atoms with van der Waals surface area (Å²) in [6, 6.07) is -0.764. The molecular weight excluding hydrogens is 206 g/mol. The van der Waals surface area contributed by atoms with Gasteiger partial charge in [-0.25, -0.2) is 4.79 Å². The molecule has 0 aliphatic carbocycles. The Bertz CT molecular complexity index is 255. The Balaban J connectivity index is 4.23. The monoisotopic (exact) mass is 229 g/mol. The van der Waals surface area contributed by atoms with Crippen LogP contribution in [0, 0.1) is 11.3 Å². The van der Waals surface area contributed by atoms with E-state index in [2.05, 4.69) is 26.1 Å². The Hall–Kier alpha value is -1.06. The van der Waals surface area contributed by atoms with Crippen LogP contribution in [0.15, 0.2) is 0 Å². The van der Waals surface area contributed by atoms with Crippen molar-refractivity contribution in [3.05, 3.63) is 0 Å². The smallest absolute Gasteiger partial charge is 0.326 e. The van der Waals surface area contributed by atoms with Crippen molar-refractivity contribution in [3.63, 3.8) is 0 Å². The Kier molecular flexibility index (Phi) is 5.48. The van der Waals surface area contributed by atoms with Gasteiger partial charge in [0.1, 0.15) is 6.04 Å². The molecule has 0 aliphatic rings. The molecule has 0 radical (unpaired) electrons. The molecule has 0 aromatic rings. The molecule has 1 amide bonds. The maximum atomic E-state index is 11.6. The highest BCUT2D eigenvalue weighted by Gasteiger charge is 2.24. The highest BCUT2D eigenvalue weighted by Crippen LogP contribution is 2.27. The molecule has 0 bridgehead atoms. The molecule has 2 atom stereocenters. The number of aliphatic carboxylic acids is 1. The predicted octanol–water partition coefficient (Wildman–Crippen LogP) is 2.04. The number of hydrogen-bond donors (Lipinski definition) is 2. The van der Waals surface area contributed by atoms with Gasteiger partial charge >= 0.3 is 5.97 Å². The van der Waals surface area contributed by atoms with Crippen molar-refractivity contribution in [2.75, 3.05) is 0 Å². The number of carboxylic acids is 1. The molecule has 0 saturated carbocycles. The van der Waals surface area contributed by atoms with E-state index in [-0.39, 0.29) is 17.2 Å². The predicted molar refractivity (Wildman–Crippen MR) is 63.1 cm³/mol. The first-order valence-corrected chi connectivity index (χ1v) is 5.70. The molecule has 0 aromatic heterocycles. The molecule has 0 fully saturated rings. The Morgan fingerprint density at radius 2 is 1.81 bits per heavy atom. The summed E-state index contributed by atoms with van der Waals surface area (Å²) in [5.41, 5.74) is 0.0578. The fourth-order valence-corrected chi connectivity index (χ4v) is 1.18. The van der Waals surface area contributed by atoms with E-state index >= 15 is 0 Å². The summed E-state index contributed by atoms with van der Waals surface area (Å²) in [6.07, 6.45) is 0.776. The minimum atomic E-state index is -0.973. The zero-order valence-corrected chi connectivity index (χ0v) is 10.8. The molecule has 0 heterocycles. The third kappa shape index (κ3) is 5.14. The molecule has 0 spiro atoms. The molecule has 0 saturated heterocycles. The van der Waals surface area contributed by atoms with Crippen molar-refractivity contribution in [1.29, 1.82) is 0 Å². The van der Waals surface area contributed by atoms with Gasteiger partial charge in [-0.3, -0.25) is 4.79 Å². The van der Waals surface area contributed by atoms with Crippen LogP contribution in [0.4, 0.5) is 0 Å². The first kappa shape index (κ1) is 14.9. The summed E-state index contributed by atoms with van der Waals surface area (Å²) in [6.45, 7) is 9.95. The van der Waals surface area contributed by atoms with Crippen molar-refractivity contribution < 1.29 is 14.7 Å². The maximum absolute atomic E-state index is 11.6. The van der Waals surface area contributed by atoms with E-state index < -0.39 is 12.0 Å². The van der Waals surface area contributed by atoms with Crippen molar-refractivity contribution in [2.45, 2.75) is 53.5 Å². The minimum absolute atomic E-state index is 0.0578. The number of carbonyl (C=O) groups is 2. The molecule has 94 valence electrons. The normalized spacial score (nSPS) is 15.3. The van der Waals surface area contributed by atoms with Crippen LogP contribution < -0.4 is 5.32 Å². The Morgan fingerprint density at radius 1 is 1.31 bits per heavy atom. The minimum Gasteiger partial charge on any atom is -0.480 e. The van der Waals surface area contributed by atoms with E-state index in [0.29, 0.717) is 12.8 Å². The summed E-state index contributed by atoms with van der Waals surface area (Å²) in [5, 5.41) is 11.3. The van der Waals surface area contributed by atoms with Crippen LogP contribution in [0.3, 0.4) is 0 Å². The zero-order valence-electron chi connectivity index (χ0n) is 10.8. The average molecular weight is 229 g/mol. The largest absolute Gasteiger partial charge is 0.480 e. The van der Waals surface area contributed by atoms with Gasteiger partial charge in [-0.05, 0) is 17.8 Å². The van der Waals surface area contributed by atoms with Crippen molar-refractivity contribution in [3.8, 4) is 0 Å². The van der Waals surface area contributed by atoms with Crippen LogP contribution in [0.5, 0.6) is 0 Å². The highest BCUT2D eigenvalue weighted by molar-refractivity contribution is 5.83. The summed E-state index contributed by atoms with van der Waals surface area (Å²) in [4.78, 5) is 22.3. The van der Waals surface area contributed by atoms with Gasteiger partial charge < -0.3 is 10.4 Å². The summed E-state index contributed by atoms with van der Waals surface area (Å²) < 4.78 is 0. The fourth-order valence-electron chi connectivity index (χ4n) is 1.18. The molecular formula is C12H23NO3. The van der Waals surface area contributed by atoms with E-state index in [1.165, 1.54) is 0 Å². The van der Waals surface area contributed by atoms with Gasteiger partial charge in [0.15, 0.2) is 0 Å². The summed E-state index contributed by atoms with van der Waals surface area (Å²) in [5.74, 6) is -0.935. The maximum Gasteiger partial charge on any atom is 0.326 e. The molecule has 4 nitrogen and oxygen atoms in total.